The van der Waals surface area contributed by atoms with E-state index < -0.39 is 0 Å². The van der Waals surface area contributed by atoms with Crippen LogP contribution in [0.2, 0.25) is 0 Å². The standard InChI is InChI=1S/C13H23N3OS/c1-9(2)17-11-12(14)16-18-13(11)15-10-7-5-3-4-6-8-10/h9-10,15H,3-8H2,1-2H3,(H2,14,16). The molecule has 3 N–H and O–H groups in total. The lowest BCUT2D eigenvalue weighted by atomic mass is 10.1. The molecule has 0 bridgehead atoms. The molecule has 1 heterocycles. The van der Waals surface area contributed by atoms with Gasteiger partial charge in [-0.2, -0.15) is 4.37 Å². The van der Waals surface area contributed by atoms with Gasteiger partial charge in [0.1, 0.15) is 0 Å². The molecular weight excluding hydrogens is 246 g/mol. The second-order valence-corrected chi connectivity index (χ2v) is 6.00. The molecule has 0 unspecified atom stereocenters. The van der Waals surface area contributed by atoms with Gasteiger partial charge in [-0.3, -0.25) is 0 Å². The van der Waals surface area contributed by atoms with Gasteiger partial charge in [-0.25, -0.2) is 0 Å². The number of nitrogens with two attached hydrogens (primary N) is 1. The molecule has 0 amide bonds. The van der Waals surface area contributed by atoms with Gasteiger partial charge in [-0.1, -0.05) is 25.7 Å². The van der Waals surface area contributed by atoms with Crippen LogP contribution in [-0.4, -0.2) is 16.5 Å². The quantitative estimate of drug-likeness (QED) is 0.819. The van der Waals surface area contributed by atoms with E-state index in [4.69, 9.17) is 10.5 Å². The SMILES string of the molecule is CC(C)Oc1c(N)nsc1NC1CCCCCC1. The third-order valence-corrected chi connectivity index (χ3v) is 3.99. The smallest absolute Gasteiger partial charge is 0.197 e. The molecule has 0 aliphatic heterocycles. The molecule has 0 spiro atoms. The van der Waals surface area contributed by atoms with Gasteiger partial charge >= 0.3 is 0 Å². The van der Waals surface area contributed by atoms with Crippen molar-refractivity contribution in [1.82, 2.24) is 4.37 Å². The van der Waals surface area contributed by atoms with E-state index in [0.717, 1.165) is 10.8 Å². The zero-order valence-corrected chi connectivity index (χ0v) is 12.1. The Bertz CT molecular complexity index is 370. The van der Waals surface area contributed by atoms with Gasteiger partial charge < -0.3 is 15.8 Å². The number of nitrogen functional groups attached to an aromatic ring is 1. The Morgan fingerprint density at radius 1 is 1.28 bits per heavy atom. The zero-order chi connectivity index (χ0) is 13.0. The molecule has 18 heavy (non-hydrogen) atoms. The van der Waals surface area contributed by atoms with Crippen molar-refractivity contribution in [3.63, 3.8) is 0 Å². The topological polar surface area (TPSA) is 60.2 Å². The van der Waals surface area contributed by atoms with Crippen LogP contribution >= 0.6 is 11.5 Å². The number of nitrogens with zero attached hydrogens (tertiary/aromatic N) is 1. The van der Waals surface area contributed by atoms with Crippen LogP contribution in [0.4, 0.5) is 10.8 Å². The van der Waals surface area contributed by atoms with Gasteiger partial charge in [0.15, 0.2) is 16.6 Å². The fourth-order valence-electron chi connectivity index (χ4n) is 2.34. The number of aromatic nitrogens is 1. The lowest BCUT2D eigenvalue weighted by Crippen LogP contribution is -2.18. The van der Waals surface area contributed by atoms with Gasteiger partial charge in [0.2, 0.25) is 0 Å². The summed E-state index contributed by atoms with van der Waals surface area (Å²) in [4.78, 5) is 0. The van der Waals surface area contributed by atoms with Crippen LogP contribution in [0, 0.1) is 0 Å². The largest absolute Gasteiger partial charge is 0.484 e. The van der Waals surface area contributed by atoms with Crippen molar-refractivity contribution in [1.29, 1.82) is 0 Å². The zero-order valence-electron chi connectivity index (χ0n) is 11.2. The number of rotatable bonds is 4. The highest BCUT2D eigenvalue weighted by molar-refractivity contribution is 7.11. The molecule has 0 saturated heterocycles. The number of anilines is 2. The van der Waals surface area contributed by atoms with E-state index in [1.165, 1.54) is 50.1 Å². The average molecular weight is 269 g/mol. The molecule has 1 aliphatic rings. The highest BCUT2D eigenvalue weighted by atomic mass is 32.1. The Balaban J connectivity index is 2.03. The molecule has 4 nitrogen and oxygen atoms in total. The van der Waals surface area contributed by atoms with Crippen LogP contribution in [0.15, 0.2) is 0 Å². The summed E-state index contributed by atoms with van der Waals surface area (Å²) in [7, 11) is 0. The first-order chi connectivity index (χ1) is 8.66. The van der Waals surface area contributed by atoms with E-state index in [2.05, 4.69) is 9.69 Å². The van der Waals surface area contributed by atoms with E-state index in [1.54, 1.807) is 0 Å². The maximum atomic E-state index is 5.86. The summed E-state index contributed by atoms with van der Waals surface area (Å²) in [6.07, 6.45) is 7.94. The van der Waals surface area contributed by atoms with Crippen molar-refractivity contribution >= 4 is 22.4 Å². The van der Waals surface area contributed by atoms with Gasteiger partial charge in [0.05, 0.1) is 6.10 Å². The van der Waals surface area contributed by atoms with Crippen molar-refractivity contribution in [2.24, 2.45) is 0 Å². The van der Waals surface area contributed by atoms with Crippen LogP contribution in [0.3, 0.4) is 0 Å². The Kier molecular flexibility index (Phi) is 4.69. The maximum absolute atomic E-state index is 5.86. The highest BCUT2D eigenvalue weighted by Crippen LogP contribution is 2.37. The van der Waals surface area contributed by atoms with Crippen LogP contribution in [-0.2, 0) is 0 Å². The van der Waals surface area contributed by atoms with E-state index >= 15 is 0 Å². The summed E-state index contributed by atoms with van der Waals surface area (Å²) in [5.41, 5.74) is 5.86. The molecule has 0 aromatic carbocycles. The van der Waals surface area contributed by atoms with Gasteiger partial charge in [0.25, 0.3) is 0 Å². The van der Waals surface area contributed by atoms with Gasteiger partial charge in [0, 0.05) is 6.04 Å². The Morgan fingerprint density at radius 2 is 1.94 bits per heavy atom. The molecule has 1 fully saturated rings. The molecular formula is C13H23N3OS. The van der Waals surface area contributed by atoms with E-state index in [-0.39, 0.29) is 6.10 Å². The Hall–Kier alpha value is -0.970. The summed E-state index contributed by atoms with van der Waals surface area (Å²) in [5, 5.41) is 4.56. The predicted octanol–water partition coefficient (Wildman–Crippen LogP) is 3.65. The fourth-order valence-corrected chi connectivity index (χ4v) is 3.07. The van der Waals surface area contributed by atoms with Crippen LogP contribution in [0.25, 0.3) is 0 Å². The lowest BCUT2D eigenvalue weighted by molar-refractivity contribution is 0.245. The van der Waals surface area contributed by atoms with Crippen molar-refractivity contribution < 1.29 is 4.74 Å². The molecule has 0 radical (unpaired) electrons. The fraction of sp³-hybridized carbons (Fsp3) is 0.769. The summed E-state index contributed by atoms with van der Waals surface area (Å²) in [6.45, 7) is 4.01. The molecule has 1 aromatic rings. The molecule has 102 valence electrons. The second kappa shape index (κ2) is 6.27. The van der Waals surface area contributed by atoms with E-state index in [0.29, 0.717) is 11.9 Å². The minimum absolute atomic E-state index is 0.124. The van der Waals surface area contributed by atoms with Crippen molar-refractivity contribution in [3.05, 3.63) is 0 Å². The first-order valence-electron chi connectivity index (χ1n) is 6.85. The Morgan fingerprint density at radius 3 is 2.56 bits per heavy atom. The third kappa shape index (κ3) is 3.51. The summed E-state index contributed by atoms with van der Waals surface area (Å²) < 4.78 is 9.94. The lowest BCUT2D eigenvalue weighted by Gasteiger charge is -2.18. The monoisotopic (exact) mass is 269 g/mol. The van der Waals surface area contributed by atoms with Gasteiger partial charge in [-0.15, -0.1) is 0 Å². The highest BCUT2D eigenvalue weighted by Gasteiger charge is 2.19. The molecule has 2 rings (SSSR count). The first kappa shape index (κ1) is 13.5. The van der Waals surface area contributed by atoms with Crippen LogP contribution in [0.5, 0.6) is 5.75 Å². The summed E-state index contributed by atoms with van der Waals surface area (Å²) in [5.74, 6) is 1.24. The van der Waals surface area contributed by atoms with Crippen molar-refractivity contribution in [2.75, 3.05) is 11.1 Å². The molecule has 1 saturated carbocycles. The van der Waals surface area contributed by atoms with E-state index in [9.17, 15) is 0 Å². The summed E-state index contributed by atoms with van der Waals surface area (Å²) in [6, 6.07) is 0.543. The van der Waals surface area contributed by atoms with Crippen molar-refractivity contribution in [2.45, 2.75) is 64.5 Å². The number of nitrogens with one attached hydrogen (secondary N) is 1. The number of hydrogen-bond acceptors (Lipinski definition) is 5. The third-order valence-electron chi connectivity index (χ3n) is 3.22. The molecule has 0 atom stereocenters. The molecule has 1 aromatic heterocycles. The molecule has 5 heteroatoms. The average Bonchev–Trinajstić information content (AvgIpc) is 2.57. The minimum atomic E-state index is 0.124. The predicted molar refractivity (Wildman–Crippen MR) is 77.4 cm³/mol. The minimum Gasteiger partial charge on any atom is -0.484 e. The normalized spacial score (nSPS) is 17.7. The van der Waals surface area contributed by atoms with E-state index in [1.807, 2.05) is 13.8 Å². The second-order valence-electron chi connectivity index (χ2n) is 5.23. The number of hydrogen-bond donors (Lipinski definition) is 2. The maximum Gasteiger partial charge on any atom is 0.197 e. The molecule has 1 aliphatic carbocycles. The summed E-state index contributed by atoms with van der Waals surface area (Å²) >= 11 is 1.41. The van der Waals surface area contributed by atoms with Crippen molar-refractivity contribution in [3.8, 4) is 5.75 Å². The van der Waals surface area contributed by atoms with Gasteiger partial charge in [-0.05, 0) is 38.2 Å². The van der Waals surface area contributed by atoms with Crippen LogP contribution in [0.1, 0.15) is 52.4 Å². The number of ether oxygens (including phenoxy) is 1. The Labute approximate surface area is 113 Å². The first-order valence-corrected chi connectivity index (χ1v) is 7.62. The van der Waals surface area contributed by atoms with Crippen LogP contribution < -0.4 is 15.8 Å².